The minimum absolute atomic E-state index is 0.533. The van der Waals surface area contributed by atoms with E-state index in [0.717, 1.165) is 6.42 Å². The summed E-state index contributed by atoms with van der Waals surface area (Å²) in [6.07, 6.45) is 5.75. The first-order valence-corrected chi connectivity index (χ1v) is 16.6. The van der Waals surface area contributed by atoms with Gasteiger partial charge < -0.3 is 4.57 Å². The molecule has 1 aliphatic rings. The molecule has 2 heterocycles. The van der Waals surface area contributed by atoms with E-state index < -0.39 is 0 Å². The zero-order valence-corrected chi connectivity index (χ0v) is 25.7. The van der Waals surface area contributed by atoms with Gasteiger partial charge in [0.2, 0.25) is 0 Å². The Labute approximate surface area is 265 Å². The van der Waals surface area contributed by atoms with Crippen molar-refractivity contribution in [2.45, 2.75) is 13.3 Å². The number of fused-ring (bicyclic) bond motifs is 12. The molecule has 9 aromatic rings. The summed E-state index contributed by atoms with van der Waals surface area (Å²) in [5.74, 6) is 0.533. The monoisotopic (exact) mass is 591 g/mol. The molecular formula is C43H29NS. The first kappa shape index (κ1) is 25.2. The van der Waals surface area contributed by atoms with Crippen molar-refractivity contribution < 1.29 is 0 Å². The summed E-state index contributed by atoms with van der Waals surface area (Å²) in [6, 6.07) is 47.6. The molecule has 0 radical (unpaired) electrons. The van der Waals surface area contributed by atoms with Crippen LogP contribution < -0.4 is 0 Å². The van der Waals surface area contributed by atoms with Gasteiger partial charge in [-0.05, 0) is 98.2 Å². The van der Waals surface area contributed by atoms with Crippen molar-refractivity contribution in [2.75, 3.05) is 0 Å². The van der Waals surface area contributed by atoms with E-state index in [2.05, 4.69) is 151 Å². The van der Waals surface area contributed by atoms with Gasteiger partial charge in [0.1, 0.15) is 0 Å². The third-order valence-corrected chi connectivity index (χ3v) is 11.1. The van der Waals surface area contributed by atoms with E-state index in [4.69, 9.17) is 0 Å². The lowest BCUT2D eigenvalue weighted by atomic mass is 9.92. The van der Waals surface area contributed by atoms with Crippen LogP contribution in [0.1, 0.15) is 18.2 Å². The molecule has 2 aromatic heterocycles. The van der Waals surface area contributed by atoms with Gasteiger partial charge in [-0.15, -0.1) is 11.3 Å². The topological polar surface area (TPSA) is 4.93 Å². The summed E-state index contributed by atoms with van der Waals surface area (Å²) < 4.78 is 5.18. The largest absolute Gasteiger partial charge is 0.313 e. The van der Waals surface area contributed by atoms with E-state index in [-0.39, 0.29) is 0 Å². The molecule has 1 nitrogen and oxygen atoms in total. The van der Waals surface area contributed by atoms with Crippen molar-refractivity contribution in [2.24, 2.45) is 5.92 Å². The van der Waals surface area contributed by atoms with Crippen LogP contribution in [0.2, 0.25) is 0 Å². The summed E-state index contributed by atoms with van der Waals surface area (Å²) in [5.41, 5.74) is 7.84. The van der Waals surface area contributed by atoms with Crippen molar-refractivity contribution in [1.82, 2.24) is 4.57 Å². The Balaban J connectivity index is 1.17. The van der Waals surface area contributed by atoms with Gasteiger partial charge in [-0.25, -0.2) is 0 Å². The molecule has 1 aliphatic carbocycles. The molecule has 212 valence electrons. The summed E-state index contributed by atoms with van der Waals surface area (Å²) in [6.45, 7) is 2.32. The van der Waals surface area contributed by atoms with Crippen LogP contribution in [0.5, 0.6) is 0 Å². The summed E-state index contributed by atoms with van der Waals surface area (Å²) in [5, 5.41) is 11.9. The predicted molar refractivity (Wildman–Crippen MR) is 196 cm³/mol. The lowest BCUT2D eigenvalue weighted by Crippen LogP contribution is -2.08. The normalized spacial score (nSPS) is 14.8. The number of para-hydroxylation sites is 1. The van der Waals surface area contributed by atoms with Gasteiger partial charge in [0.05, 0.1) is 5.52 Å². The second kappa shape index (κ2) is 9.41. The Morgan fingerprint density at radius 2 is 1.09 bits per heavy atom. The Morgan fingerprint density at radius 3 is 1.82 bits per heavy atom. The van der Waals surface area contributed by atoms with Crippen LogP contribution in [0, 0.1) is 5.92 Å². The van der Waals surface area contributed by atoms with Crippen LogP contribution in [-0.2, 0) is 6.42 Å². The van der Waals surface area contributed by atoms with Crippen molar-refractivity contribution in [3.8, 4) is 16.8 Å². The number of allylic oxidation sites excluding steroid dienone is 1. The number of hydrogen-bond donors (Lipinski definition) is 0. The molecule has 0 spiro atoms. The molecule has 0 saturated heterocycles. The average Bonchev–Trinajstić information content (AvgIpc) is 3.62. The first-order valence-electron chi connectivity index (χ1n) is 15.8. The fourth-order valence-corrected chi connectivity index (χ4v) is 8.87. The smallest absolute Gasteiger partial charge is 0.0537 e. The highest BCUT2D eigenvalue weighted by Crippen LogP contribution is 2.42. The SMILES string of the molecule is CC1C=Cc2c(n(-c3ccc4sc5ccc(-c6ccc7c8ccccc8c8ccccc8c7c6)cc5c4c3)c3ccccc23)C1. The molecular weight excluding hydrogens is 563 g/mol. The van der Waals surface area contributed by atoms with E-state index in [0.29, 0.717) is 5.92 Å². The maximum Gasteiger partial charge on any atom is 0.0537 e. The van der Waals surface area contributed by atoms with E-state index in [1.165, 1.54) is 91.5 Å². The molecule has 1 unspecified atom stereocenters. The molecule has 0 bridgehead atoms. The highest BCUT2D eigenvalue weighted by molar-refractivity contribution is 7.25. The second-order valence-corrected chi connectivity index (χ2v) is 13.7. The number of benzene rings is 7. The second-order valence-electron chi connectivity index (χ2n) is 12.6. The number of hydrogen-bond acceptors (Lipinski definition) is 1. The Hall–Kier alpha value is -5.18. The van der Waals surface area contributed by atoms with Gasteiger partial charge in [0, 0.05) is 42.5 Å². The minimum Gasteiger partial charge on any atom is -0.313 e. The standard InChI is InChI=1S/C43H29NS/c1-26-14-18-36-35-12-6-7-13-40(35)44(41(36)22-26)29-17-21-43-39(25-29)38-24-28(16-20-42(38)45-43)27-15-19-34-32-10-3-2-8-30(32)31-9-4-5-11-33(31)37(34)23-27/h2-21,23-26H,22H2,1H3. The lowest BCUT2D eigenvalue weighted by molar-refractivity contribution is 0.691. The van der Waals surface area contributed by atoms with E-state index in [1.807, 2.05) is 11.3 Å². The fraction of sp³-hybridized carbons (Fsp3) is 0.0698. The van der Waals surface area contributed by atoms with Crippen molar-refractivity contribution in [3.05, 3.63) is 145 Å². The minimum atomic E-state index is 0.533. The molecule has 0 saturated carbocycles. The molecule has 10 rings (SSSR count). The fourth-order valence-electron chi connectivity index (χ4n) is 7.80. The Kier molecular flexibility index (Phi) is 5.26. The highest BCUT2D eigenvalue weighted by atomic mass is 32.1. The number of aromatic nitrogens is 1. The van der Waals surface area contributed by atoms with Crippen LogP contribution in [0.3, 0.4) is 0 Å². The molecule has 2 heteroatoms. The quantitative estimate of drug-likeness (QED) is 0.176. The summed E-state index contributed by atoms with van der Waals surface area (Å²) in [4.78, 5) is 0. The van der Waals surface area contributed by atoms with Crippen LogP contribution in [-0.4, -0.2) is 4.57 Å². The van der Waals surface area contributed by atoms with Gasteiger partial charge in [-0.2, -0.15) is 0 Å². The number of nitrogens with zero attached hydrogens (tertiary/aromatic N) is 1. The zero-order chi connectivity index (χ0) is 29.6. The van der Waals surface area contributed by atoms with Crippen molar-refractivity contribution >= 4 is 80.8 Å². The third kappa shape index (κ3) is 3.67. The molecule has 0 N–H and O–H groups in total. The van der Waals surface area contributed by atoms with Crippen LogP contribution >= 0.6 is 11.3 Å². The maximum absolute atomic E-state index is 2.51. The van der Waals surface area contributed by atoms with Crippen molar-refractivity contribution in [3.63, 3.8) is 0 Å². The molecule has 7 aromatic carbocycles. The molecule has 0 amide bonds. The predicted octanol–water partition coefficient (Wildman–Crippen LogP) is 12.3. The highest BCUT2D eigenvalue weighted by Gasteiger charge is 2.21. The Morgan fingerprint density at radius 1 is 0.533 bits per heavy atom. The maximum atomic E-state index is 2.51. The first-order chi connectivity index (χ1) is 22.2. The van der Waals surface area contributed by atoms with Crippen molar-refractivity contribution in [1.29, 1.82) is 0 Å². The van der Waals surface area contributed by atoms with Gasteiger partial charge in [0.25, 0.3) is 0 Å². The lowest BCUT2D eigenvalue weighted by Gasteiger charge is -2.17. The molecule has 45 heavy (non-hydrogen) atoms. The third-order valence-electron chi connectivity index (χ3n) is 9.91. The van der Waals surface area contributed by atoms with Crippen LogP contribution in [0.4, 0.5) is 0 Å². The molecule has 0 fully saturated rings. The summed E-state index contributed by atoms with van der Waals surface area (Å²) in [7, 11) is 0. The molecule has 0 aliphatic heterocycles. The number of thiophene rings is 1. The Bertz CT molecular complexity index is 2660. The summed E-state index contributed by atoms with van der Waals surface area (Å²) >= 11 is 1.89. The zero-order valence-electron chi connectivity index (χ0n) is 24.9. The van der Waals surface area contributed by atoms with Gasteiger partial charge >= 0.3 is 0 Å². The van der Waals surface area contributed by atoms with E-state index in [1.54, 1.807) is 0 Å². The van der Waals surface area contributed by atoms with Gasteiger partial charge in [-0.1, -0.05) is 104 Å². The molecule has 1 atom stereocenters. The van der Waals surface area contributed by atoms with E-state index >= 15 is 0 Å². The van der Waals surface area contributed by atoms with E-state index in [9.17, 15) is 0 Å². The number of rotatable bonds is 2. The average molecular weight is 592 g/mol. The van der Waals surface area contributed by atoms with Gasteiger partial charge in [0.15, 0.2) is 0 Å². The van der Waals surface area contributed by atoms with Crippen LogP contribution in [0.25, 0.3) is 86.3 Å². The van der Waals surface area contributed by atoms with Gasteiger partial charge in [-0.3, -0.25) is 0 Å². The van der Waals surface area contributed by atoms with Crippen LogP contribution in [0.15, 0.2) is 133 Å².